The third-order valence-electron chi connectivity index (χ3n) is 1.72. The van der Waals surface area contributed by atoms with Crippen LogP contribution in [0.5, 0.6) is 0 Å². The van der Waals surface area contributed by atoms with Crippen LogP contribution in [0.4, 0.5) is 0 Å². The fourth-order valence-electron chi connectivity index (χ4n) is 1.15. The maximum absolute atomic E-state index is 3.06. The minimum Gasteiger partial charge on any atom is -1.00 e. The molecular weight excluding hydrogens is 284 g/mol. The third-order valence-corrected chi connectivity index (χ3v) is 1.72. The van der Waals surface area contributed by atoms with Gasteiger partial charge in [-0.2, -0.15) is 10.9 Å². The Labute approximate surface area is 109 Å². The molecule has 0 atom stereocenters. The Hall–Kier alpha value is 0.223. The molecule has 0 saturated carbocycles. The molecule has 67 valence electrons. The topological polar surface area (TPSA) is 15.8 Å². The summed E-state index contributed by atoms with van der Waals surface area (Å²) in [7, 11) is 0. The largest absolute Gasteiger partial charge is 3.00 e. The van der Waals surface area contributed by atoms with Crippen LogP contribution in [0.1, 0.15) is 5.56 Å². The van der Waals surface area contributed by atoms with Crippen molar-refractivity contribution >= 4 is 10.9 Å². The average Bonchev–Trinajstić information content (AvgIpc) is 2.34. The number of aryl methyl sites for hydroxylation is 1. The van der Waals surface area contributed by atoms with Gasteiger partial charge in [0.15, 0.2) is 0 Å². The van der Waals surface area contributed by atoms with Gasteiger partial charge in [-0.3, -0.25) is 0 Å². The number of fused-ring (bicyclic) bond motifs is 1. The third kappa shape index (κ3) is 3.12. The SMILES string of the molecule is Cc1[c-][nH]c2ccccc12.[Cl-].[Cl-].[Zr+3]. The van der Waals surface area contributed by atoms with Crippen LogP contribution >= 0.6 is 0 Å². The second-order valence-corrected chi connectivity index (χ2v) is 2.42. The molecule has 0 aliphatic rings. The summed E-state index contributed by atoms with van der Waals surface area (Å²) in [5.74, 6) is 0. The van der Waals surface area contributed by atoms with Crippen molar-refractivity contribution in [1.82, 2.24) is 4.98 Å². The number of aromatic amines is 1. The molecule has 4 heteroatoms. The molecule has 0 unspecified atom stereocenters. The van der Waals surface area contributed by atoms with Gasteiger partial charge in [0.25, 0.3) is 0 Å². The quantitative estimate of drug-likeness (QED) is 0.481. The van der Waals surface area contributed by atoms with E-state index in [9.17, 15) is 0 Å². The molecule has 1 radical (unpaired) electrons. The van der Waals surface area contributed by atoms with Crippen LogP contribution in [0.15, 0.2) is 24.3 Å². The van der Waals surface area contributed by atoms with Crippen LogP contribution in [0, 0.1) is 13.1 Å². The van der Waals surface area contributed by atoms with E-state index < -0.39 is 0 Å². The average molecular weight is 292 g/mol. The van der Waals surface area contributed by atoms with Crippen molar-refractivity contribution in [2.24, 2.45) is 0 Å². The Kier molecular flexibility index (Phi) is 8.02. The summed E-state index contributed by atoms with van der Waals surface area (Å²) in [4.78, 5) is 3.06. The Morgan fingerprint density at radius 1 is 1.15 bits per heavy atom. The predicted octanol–water partition coefficient (Wildman–Crippen LogP) is -3.72. The van der Waals surface area contributed by atoms with E-state index in [-0.39, 0.29) is 51.0 Å². The molecule has 1 aromatic carbocycles. The first-order valence-corrected chi connectivity index (χ1v) is 3.33. The van der Waals surface area contributed by atoms with E-state index in [1.54, 1.807) is 0 Å². The van der Waals surface area contributed by atoms with Gasteiger partial charge >= 0.3 is 26.2 Å². The Bertz CT molecular complexity index is 359. The van der Waals surface area contributed by atoms with E-state index in [0.29, 0.717) is 0 Å². The number of aromatic nitrogens is 1. The van der Waals surface area contributed by atoms with Gasteiger partial charge in [0.2, 0.25) is 0 Å². The van der Waals surface area contributed by atoms with Crippen LogP contribution < -0.4 is 24.8 Å². The first kappa shape index (κ1) is 15.7. The van der Waals surface area contributed by atoms with Crippen molar-refractivity contribution in [3.63, 3.8) is 0 Å². The molecule has 1 aromatic heterocycles. The molecule has 0 fully saturated rings. The Morgan fingerprint density at radius 3 is 2.38 bits per heavy atom. The second kappa shape index (κ2) is 6.64. The molecule has 1 heterocycles. The van der Waals surface area contributed by atoms with Gasteiger partial charge in [0.1, 0.15) is 0 Å². The van der Waals surface area contributed by atoms with Gasteiger partial charge in [0.05, 0.1) is 0 Å². The van der Waals surface area contributed by atoms with Crippen LogP contribution in [-0.2, 0) is 26.2 Å². The molecular formula is C9H8Cl2NZr. The van der Waals surface area contributed by atoms with E-state index in [0.717, 1.165) is 0 Å². The summed E-state index contributed by atoms with van der Waals surface area (Å²) in [5, 5.41) is 1.27. The number of halogens is 2. The summed E-state index contributed by atoms with van der Waals surface area (Å²) in [6.45, 7) is 2.05. The zero-order valence-corrected chi connectivity index (χ0v) is 11.0. The molecule has 0 amide bonds. The normalized spacial score (nSPS) is 8.08. The number of rotatable bonds is 0. The van der Waals surface area contributed by atoms with Crippen molar-refractivity contribution in [3.05, 3.63) is 36.0 Å². The molecule has 1 nitrogen and oxygen atoms in total. The molecule has 2 rings (SSSR count). The molecule has 0 saturated heterocycles. The number of hydrogen-bond donors (Lipinski definition) is 1. The minimum atomic E-state index is 0. The van der Waals surface area contributed by atoms with Gasteiger partial charge in [0, 0.05) is 0 Å². The molecule has 2 aromatic rings. The van der Waals surface area contributed by atoms with E-state index in [2.05, 4.69) is 30.2 Å². The van der Waals surface area contributed by atoms with E-state index >= 15 is 0 Å². The van der Waals surface area contributed by atoms with Crippen LogP contribution in [-0.4, -0.2) is 4.98 Å². The zero-order chi connectivity index (χ0) is 6.97. The maximum Gasteiger partial charge on any atom is 3.00 e. The summed E-state index contributed by atoms with van der Waals surface area (Å²) in [6, 6.07) is 8.21. The van der Waals surface area contributed by atoms with Gasteiger partial charge in [-0.15, -0.1) is 23.8 Å². The zero-order valence-electron chi connectivity index (χ0n) is 7.07. The molecule has 0 aliphatic carbocycles. The number of nitrogens with one attached hydrogen (secondary N) is 1. The summed E-state index contributed by atoms with van der Waals surface area (Å²) < 4.78 is 0. The summed E-state index contributed by atoms with van der Waals surface area (Å²) >= 11 is 0. The van der Waals surface area contributed by atoms with Crippen LogP contribution in [0.3, 0.4) is 0 Å². The van der Waals surface area contributed by atoms with E-state index in [1.165, 1.54) is 16.5 Å². The first-order chi connectivity index (χ1) is 4.88. The number of benzene rings is 1. The smallest absolute Gasteiger partial charge is 1.00 e. The monoisotopic (exact) mass is 290 g/mol. The fraction of sp³-hybridized carbons (Fsp3) is 0.111. The van der Waals surface area contributed by atoms with Crippen molar-refractivity contribution in [3.8, 4) is 0 Å². The number of hydrogen-bond acceptors (Lipinski definition) is 0. The maximum atomic E-state index is 3.06. The van der Waals surface area contributed by atoms with Crippen LogP contribution in [0.25, 0.3) is 10.9 Å². The standard InChI is InChI=1S/C9H8N.2ClH.Zr/c1-7-6-10-9-5-3-2-4-8(7)9;;;/h2-5,10H,1H3;2*1H;/q-1;;;+3/p-2. The molecule has 1 N–H and O–H groups in total. The van der Waals surface area contributed by atoms with E-state index in [4.69, 9.17) is 0 Å². The van der Waals surface area contributed by atoms with Crippen molar-refractivity contribution in [2.45, 2.75) is 6.92 Å². The Morgan fingerprint density at radius 2 is 1.77 bits per heavy atom. The summed E-state index contributed by atoms with van der Waals surface area (Å²) in [5.41, 5.74) is 2.36. The molecule has 0 aliphatic heterocycles. The summed E-state index contributed by atoms with van der Waals surface area (Å²) in [6.07, 6.45) is 3.05. The number of H-pyrrole nitrogens is 1. The van der Waals surface area contributed by atoms with E-state index in [1.807, 2.05) is 12.1 Å². The van der Waals surface area contributed by atoms with Gasteiger partial charge < -0.3 is 29.8 Å². The molecule has 0 spiro atoms. The fourth-order valence-corrected chi connectivity index (χ4v) is 1.15. The van der Waals surface area contributed by atoms with Crippen molar-refractivity contribution in [2.75, 3.05) is 0 Å². The van der Waals surface area contributed by atoms with Crippen molar-refractivity contribution < 1.29 is 51.0 Å². The minimum absolute atomic E-state index is 0. The first-order valence-electron chi connectivity index (χ1n) is 3.33. The van der Waals surface area contributed by atoms with Gasteiger partial charge in [-0.05, 0) is 0 Å². The predicted molar refractivity (Wildman–Crippen MR) is 41.9 cm³/mol. The number of para-hydroxylation sites is 1. The van der Waals surface area contributed by atoms with Crippen molar-refractivity contribution in [1.29, 1.82) is 0 Å². The Balaban J connectivity index is 0. The molecule has 13 heavy (non-hydrogen) atoms. The van der Waals surface area contributed by atoms with Gasteiger partial charge in [-0.25, -0.2) is 0 Å². The molecule has 0 bridgehead atoms. The second-order valence-electron chi connectivity index (χ2n) is 2.42. The van der Waals surface area contributed by atoms with Gasteiger partial charge in [-0.1, -0.05) is 19.1 Å². The van der Waals surface area contributed by atoms with Crippen LogP contribution in [0.2, 0.25) is 0 Å².